The third-order valence-electron chi connectivity index (χ3n) is 6.74. The summed E-state index contributed by atoms with van der Waals surface area (Å²) in [6.45, 7) is 11.7. The maximum Gasteiger partial charge on any atom is 0.243 e. The van der Waals surface area contributed by atoms with E-state index in [0.717, 1.165) is 23.1 Å². The van der Waals surface area contributed by atoms with Gasteiger partial charge in [-0.3, -0.25) is 9.59 Å². The molecule has 3 aromatic rings. The number of aryl methyl sites for hydroxylation is 2. The second kappa shape index (κ2) is 13.2. The van der Waals surface area contributed by atoms with Gasteiger partial charge in [-0.05, 0) is 47.4 Å². The normalized spacial score (nSPS) is 12.1. The van der Waals surface area contributed by atoms with E-state index in [-0.39, 0.29) is 17.2 Å². The van der Waals surface area contributed by atoms with Crippen molar-refractivity contribution in [3.8, 4) is 0 Å². The molecule has 0 saturated heterocycles. The molecule has 1 atom stereocenters. The third-order valence-corrected chi connectivity index (χ3v) is 6.74. The van der Waals surface area contributed by atoms with Crippen LogP contribution in [-0.2, 0) is 34.4 Å². The minimum Gasteiger partial charge on any atom is -0.354 e. The van der Waals surface area contributed by atoms with Crippen LogP contribution in [0.3, 0.4) is 0 Å². The Morgan fingerprint density at radius 3 is 2.05 bits per heavy atom. The van der Waals surface area contributed by atoms with Crippen molar-refractivity contribution in [1.82, 2.24) is 10.2 Å². The van der Waals surface area contributed by atoms with Crippen LogP contribution in [0.5, 0.6) is 0 Å². The lowest BCUT2D eigenvalue weighted by molar-refractivity contribution is -0.141. The van der Waals surface area contributed by atoms with Gasteiger partial charge in [0, 0.05) is 25.9 Å². The summed E-state index contributed by atoms with van der Waals surface area (Å²) >= 11 is 0. The van der Waals surface area contributed by atoms with Crippen LogP contribution in [0.4, 0.5) is 0 Å². The predicted molar refractivity (Wildman–Crippen MR) is 152 cm³/mol. The highest BCUT2D eigenvalue weighted by Crippen LogP contribution is 2.23. The van der Waals surface area contributed by atoms with E-state index in [9.17, 15) is 9.59 Å². The van der Waals surface area contributed by atoms with E-state index in [1.54, 1.807) is 4.90 Å². The van der Waals surface area contributed by atoms with Crippen molar-refractivity contribution >= 4 is 11.8 Å². The number of rotatable bonds is 11. The maximum atomic E-state index is 13.8. The molecule has 0 aliphatic heterocycles. The first kappa shape index (κ1) is 28.2. The lowest BCUT2D eigenvalue weighted by Crippen LogP contribution is -2.50. The van der Waals surface area contributed by atoms with E-state index in [0.29, 0.717) is 32.4 Å². The Kier molecular flexibility index (Phi) is 10.1. The van der Waals surface area contributed by atoms with E-state index < -0.39 is 6.04 Å². The molecular formula is C33H42N2O2. The molecule has 0 aliphatic rings. The van der Waals surface area contributed by atoms with E-state index in [2.05, 4.69) is 62.5 Å². The second-order valence-corrected chi connectivity index (χ2v) is 11.0. The van der Waals surface area contributed by atoms with Crippen LogP contribution >= 0.6 is 0 Å². The molecule has 1 N–H and O–H groups in total. The van der Waals surface area contributed by atoms with Gasteiger partial charge in [-0.2, -0.15) is 0 Å². The van der Waals surface area contributed by atoms with Crippen LogP contribution < -0.4 is 5.32 Å². The first-order valence-corrected chi connectivity index (χ1v) is 13.4. The van der Waals surface area contributed by atoms with Crippen LogP contribution in [0.25, 0.3) is 0 Å². The number of benzene rings is 3. The lowest BCUT2D eigenvalue weighted by Gasteiger charge is -2.32. The topological polar surface area (TPSA) is 49.4 Å². The highest BCUT2D eigenvalue weighted by atomic mass is 16.2. The van der Waals surface area contributed by atoms with Gasteiger partial charge in [0.15, 0.2) is 0 Å². The van der Waals surface area contributed by atoms with Gasteiger partial charge < -0.3 is 10.2 Å². The SMILES string of the molecule is CCCNC(=O)[C@@H](Cc1ccccc1)N(Cc1ccc(C)cc1)C(=O)CCc1ccc(C(C)(C)C)cc1. The highest BCUT2D eigenvalue weighted by Gasteiger charge is 2.30. The van der Waals surface area contributed by atoms with Crippen LogP contribution in [0.15, 0.2) is 78.9 Å². The van der Waals surface area contributed by atoms with Crippen molar-refractivity contribution in [2.45, 2.75) is 78.3 Å². The molecular weight excluding hydrogens is 456 g/mol. The van der Waals surface area contributed by atoms with E-state index >= 15 is 0 Å². The molecule has 0 heterocycles. The molecule has 0 fully saturated rings. The van der Waals surface area contributed by atoms with Gasteiger partial charge in [0.2, 0.25) is 11.8 Å². The lowest BCUT2D eigenvalue weighted by atomic mass is 9.86. The summed E-state index contributed by atoms with van der Waals surface area (Å²) in [6.07, 6.45) is 2.32. The molecule has 0 aromatic heterocycles. The summed E-state index contributed by atoms with van der Waals surface area (Å²) < 4.78 is 0. The average Bonchev–Trinajstić information content (AvgIpc) is 2.89. The van der Waals surface area contributed by atoms with Crippen molar-refractivity contribution in [2.24, 2.45) is 0 Å². The van der Waals surface area contributed by atoms with Crippen molar-refractivity contribution in [3.05, 3.63) is 107 Å². The first-order valence-electron chi connectivity index (χ1n) is 13.4. The average molecular weight is 499 g/mol. The molecule has 0 bridgehead atoms. The zero-order valence-electron chi connectivity index (χ0n) is 23.1. The molecule has 37 heavy (non-hydrogen) atoms. The van der Waals surface area contributed by atoms with Crippen molar-refractivity contribution in [2.75, 3.05) is 6.54 Å². The van der Waals surface area contributed by atoms with Gasteiger partial charge in [0.1, 0.15) is 6.04 Å². The smallest absolute Gasteiger partial charge is 0.243 e. The van der Waals surface area contributed by atoms with Crippen LogP contribution in [0.1, 0.15) is 68.4 Å². The van der Waals surface area contributed by atoms with Crippen LogP contribution in [0.2, 0.25) is 0 Å². The molecule has 0 radical (unpaired) electrons. The van der Waals surface area contributed by atoms with Crippen LogP contribution in [-0.4, -0.2) is 29.3 Å². The standard InChI is InChI=1S/C33H42N2O2/c1-6-22-34-32(37)30(23-27-10-8-7-9-11-27)35(24-28-14-12-25(2)13-15-28)31(36)21-18-26-16-19-29(20-17-26)33(3,4)5/h7-17,19-20,30H,6,18,21-24H2,1-5H3,(H,34,37)/t30-/m1/s1. The van der Waals surface area contributed by atoms with Crippen molar-refractivity contribution in [1.29, 1.82) is 0 Å². The van der Waals surface area contributed by atoms with E-state index in [1.807, 2.05) is 56.3 Å². The van der Waals surface area contributed by atoms with Gasteiger partial charge >= 0.3 is 0 Å². The third kappa shape index (κ3) is 8.59. The minimum absolute atomic E-state index is 0.00643. The van der Waals surface area contributed by atoms with Gasteiger partial charge in [0.05, 0.1) is 0 Å². The van der Waals surface area contributed by atoms with Gasteiger partial charge in [-0.25, -0.2) is 0 Å². The Hall–Kier alpha value is -3.40. The number of amides is 2. The Bertz CT molecular complexity index is 1130. The molecule has 4 heteroatoms. The van der Waals surface area contributed by atoms with E-state index in [4.69, 9.17) is 0 Å². The Morgan fingerprint density at radius 1 is 0.838 bits per heavy atom. The number of hydrogen-bond donors (Lipinski definition) is 1. The number of carbonyl (C=O) groups excluding carboxylic acids is 2. The van der Waals surface area contributed by atoms with Gasteiger partial charge in [0.25, 0.3) is 0 Å². The summed E-state index contributed by atoms with van der Waals surface area (Å²) in [5, 5.41) is 3.04. The fraction of sp³-hybridized carbons (Fsp3) is 0.394. The first-order chi connectivity index (χ1) is 17.7. The summed E-state index contributed by atoms with van der Waals surface area (Å²) in [4.78, 5) is 29.0. The number of hydrogen-bond acceptors (Lipinski definition) is 2. The summed E-state index contributed by atoms with van der Waals surface area (Å²) in [5.41, 5.74) is 5.73. The Labute approximate surface area is 223 Å². The predicted octanol–water partition coefficient (Wildman–Crippen LogP) is 6.39. The molecule has 196 valence electrons. The quantitative estimate of drug-likeness (QED) is 0.333. The molecule has 3 rings (SSSR count). The fourth-order valence-electron chi connectivity index (χ4n) is 4.38. The van der Waals surface area contributed by atoms with Gasteiger partial charge in [-0.1, -0.05) is 112 Å². The molecule has 4 nitrogen and oxygen atoms in total. The monoisotopic (exact) mass is 498 g/mol. The number of nitrogens with one attached hydrogen (secondary N) is 1. The molecule has 0 unspecified atom stereocenters. The molecule has 0 spiro atoms. The Balaban J connectivity index is 1.85. The minimum atomic E-state index is -0.578. The summed E-state index contributed by atoms with van der Waals surface area (Å²) in [5.74, 6) is -0.103. The van der Waals surface area contributed by atoms with Crippen molar-refractivity contribution in [3.63, 3.8) is 0 Å². The molecule has 0 saturated carbocycles. The van der Waals surface area contributed by atoms with Crippen molar-refractivity contribution < 1.29 is 9.59 Å². The molecule has 2 amide bonds. The Morgan fingerprint density at radius 2 is 1.46 bits per heavy atom. The maximum absolute atomic E-state index is 13.8. The van der Waals surface area contributed by atoms with Crippen LogP contribution in [0, 0.1) is 6.92 Å². The van der Waals surface area contributed by atoms with Gasteiger partial charge in [-0.15, -0.1) is 0 Å². The fourth-order valence-corrected chi connectivity index (χ4v) is 4.38. The summed E-state index contributed by atoms with van der Waals surface area (Å²) in [6, 6.07) is 26.1. The van der Waals surface area contributed by atoms with E-state index in [1.165, 1.54) is 11.1 Å². The zero-order chi connectivity index (χ0) is 26.8. The molecule has 3 aromatic carbocycles. The zero-order valence-corrected chi connectivity index (χ0v) is 23.1. The number of nitrogens with zero attached hydrogens (tertiary/aromatic N) is 1. The second-order valence-electron chi connectivity index (χ2n) is 11.0. The molecule has 0 aliphatic carbocycles. The highest BCUT2D eigenvalue weighted by molar-refractivity contribution is 5.88. The summed E-state index contributed by atoms with van der Waals surface area (Å²) in [7, 11) is 0. The number of carbonyl (C=O) groups is 2. The largest absolute Gasteiger partial charge is 0.354 e.